The standard InChI is InChI=1S/C24H35N5O/c30-24(25-12-5-15-29-16-6-13-26-29)22-9-4-14-28(20-22)23-10-17-27(18-11-23)19-21-7-2-1-3-8-21/h1-3,6-8,13,16,22-23H,4-5,9-12,14-15,17-20H2,(H,25,30)/t22-/m1/s1. The van der Waals surface area contributed by atoms with Gasteiger partial charge in [-0.2, -0.15) is 5.10 Å². The molecule has 162 valence electrons. The van der Waals surface area contributed by atoms with Crippen LogP contribution in [0.25, 0.3) is 0 Å². The van der Waals surface area contributed by atoms with Crippen molar-refractivity contribution >= 4 is 5.91 Å². The maximum Gasteiger partial charge on any atom is 0.224 e. The van der Waals surface area contributed by atoms with E-state index in [1.54, 1.807) is 6.20 Å². The zero-order chi connectivity index (χ0) is 20.6. The Morgan fingerprint density at radius 1 is 1.07 bits per heavy atom. The molecule has 2 aromatic rings. The third-order valence-corrected chi connectivity index (χ3v) is 6.57. The zero-order valence-electron chi connectivity index (χ0n) is 18.0. The number of piperidine rings is 2. The molecule has 0 aliphatic carbocycles. The summed E-state index contributed by atoms with van der Waals surface area (Å²) in [4.78, 5) is 17.8. The molecule has 30 heavy (non-hydrogen) atoms. The lowest BCUT2D eigenvalue weighted by molar-refractivity contribution is -0.127. The van der Waals surface area contributed by atoms with Gasteiger partial charge < -0.3 is 5.32 Å². The van der Waals surface area contributed by atoms with E-state index in [2.05, 4.69) is 50.5 Å². The van der Waals surface area contributed by atoms with E-state index in [1.807, 2.05) is 16.9 Å². The normalized spacial score (nSPS) is 21.5. The van der Waals surface area contributed by atoms with Gasteiger partial charge in [0.15, 0.2) is 0 Å². The summed E-state index contributed by atoms with van der Waals surface area (Å²) in [5.41, 5.74) is 1.40. The van der Waals surface area contributed by atoms with Gasteiger partial charge in [-0.05, 0) is 63.4 Å². The molecule has 0 unspecified atom stereocenters. The molecule has 2 aliphatic rings. The number of aromatic nitrogens is 2. The highest BCUT2D eigenvalue weighted by molar-refractivity contribution is 5.78. The van der Waals surface area contributed by atoms with Gasteiger partial charge in [0, 0.05) is 44.6 Å². The first-order valence-corrected chi connectivity index (χ1v) is 11.5. The van der Waals surface area contributed by atoms with Crippen LogP contribution in [0.15, 0.2) is 48.8 Å². The lowest BCUT2D eigenvalue weighted by atomic mass is 9.93. The van der Waals surface area contributed by atoms with Crippen LogP contribution in [-0.2, 0) is 17.9 Å². The summed E-state index contributed by atoms with van der Waals surface area (Å²) in [5.74, 6) is 0.382. The van der Waals surface area contributed by atoms with Gasteiger partial charge in [0.25, 0.3) is 0 Å². The number of carbonyl (C=O) groups excluding carboxylic acids is 1. The maximum atomic E-state index is 12.7. The summed E-state index contributed by atoms with van der Waals surface area (Å²) in [6.07, 6.45) is 9.26. The highest BCUT2D eigenvalue weighted by atomic mass is 16.1. The average molecular weight is 410 g/mol. The Kier molecular flexibility index (Phi) is 7.54. The van der Waals surface area contributed by atoms with Gasteiger partial charge >= 0.3 is 0 Å². The Morgan fingerprint density at radius 3 is 2.67 bits per heavy atom. The van der Waals surface area contributed by atoms with Crippen LogP contribution in [0.4, 0.5) is 0 Å². The lowest BCUT2D eigenvalue weighted by Crippen LogP contribution is -2.50. The third kappa shape index (κ3) is 5.92. The van der Waals surface area contributed by atoms with Crippen LogP contribution in [0.2, 0.25) is 0 Å². The van der Waals surface area contributed by atoms with Crippen molar-refractivity contribution in [1.29, 1.82) is 0 Å². The zero-order valence-corrected chi connectivity index (χ0v) is 18.0. The number of carbonyl (C=O) groups is 1. The molecule has 2 fully saturated rings. The molecule has 2 saturated heterocycles. The van der Waals surface area contributed by atoms with Gasteiger partial charge in [0.1, 0.15) is 0 Å². The van der Waals surface area contributed by atoms with Crippen LogP contribution >= 0.6 is 0 Å². The Morgan fingerprint density at radius 2 is 1.90 bits per heavy atom. The molecule has 1 amide bonds. The van der Waals surface area contributed by atoms with Crippen LogP contribution < -0.4 is 5.32 Å². The largest absolute Gasteiger partial charge is 0.356 e. The van der Waals surface area contributed by atoms with Gasteiger partial charge in [-0.15, -0.1) is 0 Å². The topological polar surface area (TPSA) is 53.4 Å². The molecule has 6 nitrogen and oxygen atoms in total. The van der Waals surface area contributed by atoms with Crippen LogP contribution in [0, 0.1) is 5.92 Å². The first kappa shape index (κ1) is 21.1. The van der Waals surface area contributed by atoms with E-state index < -0.39 is 0 Å². The molecule has 0 radical (unpaired) electrons. The van der Waals surface area contributed by atoms with Crippen LogP contribution in [0.1, 0.15) is 37.7 Å². The molecular formula is C24H35N5O. The Hall–Kier alpha value is -2.18. The first-order valence-electron chi connectivity index (χ1n) is 11.5. The number of likely N-dealkylation sites (tertiary alicyclic amines) is 2. The highest BCUT2D eigenvalue weighted by Gasteiger charge is 2.31. The van der Waals surface area contributed by atoms with E-state index in [0.717, 1.165) is 65.1 Å². The second-order valence-corrected chi connectivity index (χ2v) is 8.74. The molecular weight excluding hydrogens is 374 g/mol. The number of hydrogen-bond donors (Lipinski definition) is 1. The molecule has 1 aromatic carbocycles. The number of aryl methyl sites for hydroxylation is 1. The van der Waals surface area contributed by atoms with Crippen molar-refractivity contribution in [2.75, 3.05) is 32.7 Å². The number of nitrogens with zero attached hydrogens (tertiary/aromatic N) is 4. The van der Waals surface area contributed by atoms with Gasteiger partial charge in [0.05, 0.1) is 5.92 Å². The fourth-order valence-electron chi connectivity index (χ4n) is 4.87. The molecule has 1 atom stereocenters. The smallest absolute Gasteiger partial charge is 0.224 e. The quantitative estimate of drug-likeness (QED) is 0.681. The second-order valence-electron chi connectivity index (χ2n) is 8.74. The first-order chi connectivity index (χ1) is 14.8. The Bertz CT molecular complexity index is 755. The molecule has 4 rings (SSSR count). The number of rotatable bonds is 8. The number of hydrogen-bond acceptors (Lipinski definition) is 4. The predicted octanol–water partition coefficient (Wildman–Crippen LogP) is 2.77. The summed E-state index contributed by atoms with van der Waals surface area (Å²) in [6.45, 7) is 7.01. The Balaban J connectivity index is 1.17. The van der Waals surface area contributed by atoms with Crippen molar-refractivity contribution in [2.45, 2.75) is 51.2 Å². The fourth-order valence-corrected chi connectivity index (χ4v) is 4.87. The summed E-state index contributed by atoms with van der Waals surface area (Å²) >= 11 is 0. The SMILES string of the molecule is O=C(NCCCn1cccn1)[C@@H]1CCCN(C2CCN(Cc3ccccc3)CC2)C1. The minimum atomic E-state index is 0.144. The number of benzene rings is 1. The molecule has 6 heteroatoms. The van der Waals surface area contributed by atoms with Crippen LogP contribution in [-0.4, -0.2) is 64.3 Å². The summed E-state index contributed by atoms with van der Waals surface area (Å²) in [6, 6.07) is 13.3. The van der Waals surface area contributed by atoms with Crippen LogP contribution in [0.3, 0.4) is 0 Å². The van der Waals surface area contributed by atoms with E-state index in [0.29, 0.717) is 6.04 Å². The molecule has 0 spiro atoms. The summed E-state index contributed by atoms with van der Waals surface area (Å²) < 4.78 is 1.92. The van der Waals surface area contributed by atoms with Crippen molar-refractivity contribution in [3.63, 3.8) is 0 Å². The Labute approximate surface area is 180 Å². The fraction of sp³-hybridized carbons (Fsp3) is 0.583. The van der Waals surface area contributed by atoms with Crippen molar-refractivity contribution in [3.05, 3.63) is 54.4 Å². The van der Waals surface area contributed by atoms with E-state index in [9.17, 15) is 4.79 Å². The van der Waals surface area contributed by atoms with E-state index >= 15 is 0 Å². The average Bonchev–Trinajstić information content (AvgIpc) is 3.31. The van der Waals surface area contributed by atoms with Gasteiger partial charge in [0.2, 0.25) is 5.91 Å². The van der Waals surface area contributed by atoms with Crippen molar-refractivity contribution in [1.82, 2.24) is 24.9 Å². The number of amides is 1. The monoisotopic (exact) mass is 409 g/mol. The molecule has 0 bridgehead atoms. The van der Waals surface area contributed by atoms with Crippen LogP contribution in [0.5, 0.6) is 0 Å². The third-order valence-electron chi connectivity index (χ3n) is 6.57. The van der Waals surface area contributed by atoms with E-state index in [4.69, 9.17) is 0 Å². The van der Waals surface area contributed by atoms with Crippen molar-refractivity contribution in [2.24, 2.45) is 5.92 Å². The summed E-state index contributed by atoms with van der Waals surface area (Å²) in [7, 11) is 0. The van der Waals surface area contributed by atoms with Gasteiger partial charge in [-0.1, -0.05) is 30.3 Å². The van der Waals surface area contributed by atoms with Gasteiger partial charge in [-0.3, -0.25) is 19.3 Å². The molecule has 1 aromatic heterocycles. The number of nitrogens with one attached hydrogen (secondary N) is 1. The molecule has 0 saturated carbocycles. The lowest BCUT2D eigenvalue weighted by Gasteiger charge is -2.42. The predicted molar refractivity (Wildman–Crippen MR) is 119 cm³/mol. The second kappa shape index (κ2) is 10.7. The van der Waals surface area contributed by atoms with E-state index in [1.165, 1.54) is 18.4 Å². The summed E-state index contributed by atoms with van der Waals surface area (Å²) in [5, 5.41) is 7.36. The van der Waals surface area contributed by atoms with Gasteiger partial charge in [-0.25, -0.2) is 0 Å². The molecule has 1 N–H and O–H groups in total. The maximum absolute atomic E-state index is 12.7. The highest BCUT2D eigenvalue weighted by Crippen LogP contribution is 2.24. The van der Waals surface area contributed by atoms with Crippen molar-refractivity contribution in [3.8, 4) is 0 Å². The van der Waals surface area contributed by atoms with Crippen molar-refractivity contribution < 1.29 is 4.79 Å². The molecule has 2 aliphatic heterocycles. The minimum Gasteiger partial charge on any atom is -0.356 e. The molecule has 3 heterocycles. The van der Waals surface area contributed by atoms with E-state index in [-0.39, 0.29) is 11.8 Å². The minimum absolute atomic E-state index is 0.144.